The molecule has 0 radical (unpaired) electrons. The average Bonchev–Trinajstić information content (AvgIpc) is 3.22. The minimum atomic E-state index is -3.76. The lowest BCUT2D eigenvalue weighted by molar-refractivity contribution is 0.397. The first-order chi connectivity index (χ1) is 11.5. The van der Waals surface area contributed by atoms with Gasteiger partial charge in [-0.3, -0.25) is 0 Å². The molecule has 0 bridgehead atoms. The van der Waals surface area contributed by atoms with Crippen LogP contribution in [-0.4, -0.2) is 20.7 Å². The van der Waals surface area contributed by atoms with Gasteiger partial charge in [0, 0.05) is 12.6 Å². The van der Waals surface area contributed by atoms with Crippen molar-refractivity contribution in [2.24, 2.45) is 0 Å². The fourth-order valence-electron chi connectivity index (χ4n) is 2.07. The lowest BCUT2D eigenvalue weighted by Crippen LogP contribution is -2.22. The Morgan fingerprint density at radius 3 is 2.50 bits per heavy atom. The van der Waals surface area contributed by atoms with Gasteiger partial charge < -0.3 is 13.7 Å². The quantitative estimate of drug-likeness (QED) is 0.736. The Balaban J connectivity index is 1.72. The molecule has 2 aromatic heterocycles. The van der Waals surface area contributed by atoms with Crippen LogP contribution < -0.4 is 9.46 Å². The van der Waals surface area contributed by atoms with Crippen LogP contribution in [0.1, 0.15) is 11.3 Å². The van der Waals surface area contributed by atoms with Gasteiger partial charge >= 0.3 is 0 Å². The first-order valence-electron chi connectivity index (χ1n) is 7.14. The number of sulfonamides is 1. The first-order valence-corrected chi connectivity index (χ1v) is 8.62. The molecule has 3 rings (SSSR count). The fourth-order valence-corrected chi connectivity index (χ4v) is 3.02. The van der Waals surface area contributed by atoms with Crippen molar-refractivity contribution in [1.29, 1.82) is 0 Å². The van der Waals surface area contributed by atoms with Gasteiger partial charge in [0.25, 0.3) is 10.0 Å². The van der Waals surface area contributed by atoms with Crippen LogP contribution in [0.5, 0.6) is 5.75 Å². The van der Waals surface area contributed by atoms with Gasteiger partial charge in [0.15, 0.2) is 5.76 Å². The predicted octanol–water partition coefficient (Wildman–Crippen LogP) is 2.73. The Morgan fingerprint density at radius 1 is 1.12 bits per heavy atom. The number of aryl methyl sites for hydroxylation is 1. The summed E-state index contributed by atoms with van der Waals surface area (Å²) >= 11 is 0. The van der Waals surface area contributed by atoms with E-state index in [9.17, 15) is 8.42 Å². The molecule has 0 saturated carbocycles. The van der Waals surface area contributed by atoms with Gasteiger partial charge in [-0.1, -0.05) is 17.3 Å². The Kier molecular flexibility index (Phi) is 4.41. The van der Waals surface area contributed by atoms with E-state index in [4.69, 9.17) is 13.7 Å². The van der Waals surface area contributed by atoms with Gasteiger partial charge in [-0.25, -0.2) is 13.1 Å². The molecule has 0 amide bonds. The molecule has 0 fully saturated rings. The van der Waals surface area contributed by atoms with Gasteiger partial charge in [0.05, 0.1) is 12.8 Å². The van der Waals surface area contributed by atoms with Crippen LogP contribution in [-0.2, 0) is 16.6 Å². The molecular weight excluding hydrogens is 332 g/mol. The van der Waals surface area contributed by atoms with Gasteiger partial charge in [-0.15, -0.1) is 0 Å². The fraction of sp³-hybridized carbons (Fsp3) is 0.188. The minimum absolute atomic E-state index is 0.143. The number of nitrogens with zero attached hydrogens (tertiary/aromatic N) is 1. The summed E-state index contributed by atoms with van der Waals surface area (Å²) in [4.78, 5) is 0. The van der Waals surface area contributed by atoms with Crippen molar-refractivity contribution in [1.82, 2.24) is 9.88 Å². The molecule has 0 aliphatic carbocycles. The zero-order valence-corrected chi connectivity index (χ0v) is 14.0. The van der Waals surface area contributed by atoms with E-state index >= 15 is 0 Å². The summed E-state index contributed by atoms with van der Waals surface area (Å²) in [6, 6.07) is 11.7. The van der Waals surface area contributed by atoms with Crippen molar-refractivity contribution in [3.63, 3.8) is 0 Å². The number of hydrogen-bond acceptors (Lipinski definition) is 6. The third-order valence-electron chi connectivity index (χ3n) is 3.34. The number of rotatable bonds is 6. The maximum atomic E-state index is 12.3. The van der Waals surface area contributed by atoms with E-state index in [0.717, 1.165) is 5.56 Å². The zero-order valence-electron chi connectivity index (χ0n) is 13.1. The van der Waals surface area contributed by atoms with Crippen LogP contribution >= 0.6 is 0 Å². The normalized spacial score (nSPS) is 11.6. The highest BCUT2D eigenvalue weighted by Gasteiger charge is 2.20. The van der Waals surface area contributed by atoms with Crippen molar-refractivity contribution in [2.75, 3.05) is 7.11 Å². The highest BCUT2D eigenvalue weighted by Crippen LogP contribution is 2.25. The average molecular weight is 348 g/mol. The van der Waals surface area contributed by atoms with E-state index < -0.39 is 10.0 Å². The minimum Gasteiger partial charge on any atom is -0.497 e. The van der Waals surface area contributed by atoms with E-state index in [2.05, 4.69) is 9.88 Å². The summed E-state index contributed by atoms with van der Waals surface area (Å²) in [7, 11) is -2.19. The Labute approximate surface area is 139 Å². The van der Waals surface area contributed by atoms with Crippen LogP contribution in [0.4, 0.5) is 0 Å². The topological polar surface area (TPSA) is 94.6 Å². The smallest absolute Gasteiger partial charge is 0.274 e. The monoisotopic (exact) mass is 348 g/mol. The number of methoxy groups -OCH3 is 1. The third-order valence-corrected chi connectivity index (χ3v) is 4.62. The molecule has 7 nitrogen and oxygen atoms in total. The summed E-state index contributed by atoms with van der Waals surface area (Å²) in [6.07, 6.45) is 0. The van der Waals surface area contributed by atoms with E-state index in [1.807, 2.05) is 0 Å². The van der Waals surface area contributed by atoms with Gasteiger partial charge in [0.1, 0.15) is 5.75 Å². The van der Waals surface area contributed by atoms with Gasteiger partial charge in [-0.05, 0) is 36.8 Å². The van der Waals surface area contributed by atoms with E-state index in [0.29, 0.717) is 23.0 Å². The maximum absolute atomic E-state index is 12.3. The molecule has 1 aromatic carbocycles. The number of furan rings is 1. The molecular formula is C16H16N2O5S. The maximum Gasteiger partial charge on any atom is 0.274 e. The largest absolute Gasteiger partial charge is 0.497 e. The molecule has 24 heavy (non-hydrogen) atoms. The molecule has 8 heteroatoms. The lowest BCUT2D eigenvalue weighted by atomic mass is 10.2. The van der Waals surface area contributed by atoms with Crippen LogP contribution in [0.3, 0.4) is 0 Å². The SMILES string of the molecule is COc1ccc(CNS(=O)(=O)c2ccc(-c3cc(C)no3)o2)cc1. The summed E-state index contributed by atoms with van der Waals surface area (Å²) in [6.45, 7) is 1.91. The second-order valence-corrected chi connectivity index (χ2v) is 6.82. The molecule has 0 aliphatic rings. The summed E-state index contributed by atoms with van der Waals surface area (Å²) in [5.41, 5.74) is 1.49. The molecule has 0 atom stereocenters. The third kappa shape index (κ3) is 3.50. The van der Waals surface area contributed by atoms with E-state index in [1.165, 1.54) is 12.1 Å². The Morgan fingerprint density at radius 2 is 1.88 bits per heavy atom. The van der Waals surface area contributed by atoms with Crippen LogP contribution in [0.25, 0.3) is 11.5 Å². The number of nitrogens with one attached hydrogen (secondary N) is 1. The number of aromatic nitrogens is 1. The zero-order chi connectivity index (χ0) is 17.2. The van der Waals surface area contributed by atoms with Crippen LogP contribution in [0.2, 0.25) is 0 Å². The number of hydrogen-bond donors (Lipinski definition) is 1. The van der Waals surface area contributed by atoms with Crippen molar-refractivity contribution >= 4 is 10.0 Å². The molecule has 3 aromatic rings. The standard InChI is InChI=1S/C16H16N2O5S/c1-11-9-15(23-18-11)14-7-8-16(22-14)24(19,20)17-10-12-3-5-13(21-2)6-4-12/h3-9,17H,10H2,1-2H3. The molecule has 1 N–H and O–H groups in total. The second kappa shape index (κ2) is 6.50. The molecule has 0 spiro atoms. The van der Waals surface area contributed by atoms with Gasteiger partial charge in [0.2, 0.25) is 10.9 Å². The van der Waals surface area contributed by atoms with Crippen molar-refractivity contribution < 1.29 is 22.1 Å². The molecule has 0 aliphatic heterocycles. The Hall–Kier alpha value is -2.58. The first kappa shape index (κ1) is 16.3. The molecule has 0 saturated heterocycles. The van der Waals surface area contributed by atoms with Crippen molar-refractivity contribution in [3.8, 4) is 17.3 Å². The molecule has 2 heterocycles. The Bertz CT molecular complexity index is 926. The van der Waals surface area contributed by atoms with Crippen LogP contribution in [0.15, 0.2) is 56.5 Å². The van der Waals surface area contributed by atoms with Crippen LogP contribution in [0, 0.1) is 6.92 Å². The van der Waals surface area contributed by atoms with Crippen molar-refractivity contribution in [3.05, 3.63) is 53.7 Å². The lowest BCUT2D eigenvalue weighted by Gasteiger charge is -2.05. The number of ether oxygens (including phenoxy) is 1. The number of benzene rings is 1. The highest BCUT2D eigenvalue weighted by molar-refractivity contribution is 7.89. The molecule has 126 valence electrons. The summed E-state index contributed by atoms with van der Waals surface area (Å²) in [5, 5.41) is 3.56. The van der Waals surface area contributed by atoms with Crippen molar-refractivity contribution in [2.45, 2.75) is 18.6 Å². The van der Waals surface area contributed by atoms with E-state index in [-0.39, 0.29) is 11.6 Å². The summed E-state index contributed by atoms with van der Waals surface area (Å²) < 4.78 is 42.6. The van der Waals surface area contributed by atoms with Gasteiger partial charge in [-0.2, -0.15) is 0 Å². The predicted molar refractivity (Wildman–Crippen MR) is 86.0 cm³/mol. The highest BCUT2D eigenvalue weighted by atomic mass is 32.2. The molecule has 0 unspecified atom stereocenters. The second-order valence-electron chi connectivity index (χ2n) is 5.12. The van der Waals surface area contributed by atoms with E-state index in [1.54, 1.807) is 44.4 Å². The summed E-state index contributed by atoms with van der Waals surface area (Å²) in [5.74, 6) is 1.39.